The molecule has 1 N–H and O–H groups in total. The summed E-state index contributed by atoms with van der Waals surface area (Å²) in [5.74, 6) is 0.342. The molecule has 24 heavy (non-hydrogen) atoms. The van der Waals surface area contributed by atoms with Crippen LogP contribution in [0.3, 0.4) is 0 Å². The number of hydrogen-bond acceptors (Lipinski definition) is 4. The van der Waals surface area contributed by atoms with E-state index in [2.05, 4.69) is 12.2 Å². The van der Waals surface area contributed by atoms with Gasteiger partial charge in [-0.05, 0) is 37.3 Å². The molecule has 5 nitrogen and oxygen atoms in total. The fraction of sp³-hybridized carbons (Fsp3) is 0.579. The van der Waals surface area contributed by atoms with E-state index in [1.165, 1.54) is 6.42 Å². The summed E-state index contributed by atoms with van der Waals surface area (Å²) in [6, 6.07) is 9.31. The molecule has 2 rings (SSSR count). The van der Waals surface area contributed by atoms with Crippen molar-refractivity contribution in [3.8, 4) is 5.75 Å². The summed E-state index contributed by atoms with van der Waals surface area (Å²) >= 11 is 0. The Bertz CT molecular complexity index is 531. The van der Waals surface area contributed by atoms with Crippen LogP contribution >= 0.6 is 0 Å². The number of carbonyl (C=O) groups excluding carboxylic acids is 2. The van der Waals surface area contributed by atoms with Gasteiger partial charge >= 0.3 is 5.97 Å². The molecular formula is C19H27NO4. The SMILES string of the molecule is CC[C@@H](Oc1ccccc1)C(=O)OCC(=O)N[C@H]1CCCC[C@@H]1C. The molecule has 1 aliphatic rings. The summed E-state index contributed by atoms with van der Waals surface area (Å²) in [6.45, 7) is 3.74. The fourth-order valence-corrected chi connectivity index (χ4v) is 2.97. The highest BCUT2D eigenvalue weighted by atomic mass is 16.6. The Labute approximate surface area is 143 Å². The Kier molecular flexibility index (Phi) is 7.09. The molecule has 1 aromatic rings. The number of ether oxygens (including phenoxy) is 2. The van der Waals surface area contributed by atoms with E-state index >= 15 is 0 Å². The quantitative estimate of drug-likeness (QED) is 0.779. The average molecular weight is 333 g/mol. The molecule has 5 heteroatoms. The zero-order valence-corrected chi connectivity index (χ0v) is 14.5. The van der Waals surface area contributed by atoms with Crippen molar-refractivity contribution in [3.05, 3.63) is 30.3 Å². The maximum Gasteiger partial charge on any atom is 0.347 e. The summed E-state index contributed by atoms with van der Waals surface area (Å²) in [5.41, 5.74) is 0. The summed E-state index contributed by atoms with van der Waals surface area (Å²) in [6.07, 6.45) is 4.27. The van der Waals surface area contributed by atoms with Crippen molar-refractivity contribution in [2.75, 3.05) is 6.61 Å². The lowest BCUT2D eigenvalue weighted by molar-refractivity contribution is -0.155. The first kappa shape index (κ1) is 18.3. The molecule has 1 fully saturated rings. The number of carbonyl (C=O) groups is 2. The van der Waals surface area contributed by atoms with Crippen LogP contribution in [-0.4, -0.2) is 30.6 Å². The van der Waals surface area contributed by atoms with E-state index in [0.717, 1.165) is 19.3 Å². The van der Waals surface area contributed by atoms with Gasteiger partial charge in [0.05, 0.1) is 0 Å². The van der Waals surface area contributed by atoms with E-state index in [1.54, 1.807) is 12.1 Å². The second-order valence-electron chi connectivity index (χ2n) is 6.37. The van der Waals surface area contributed by atoms with E-state index in [-0.39, 0.29) is 18.6 Å². The number of nitrogens with one attached hydrogen (secondary N) is 1. The van der Waals surface area contributed by atoms with Crippen LogP contribution in [0.1, 0.15) is 46.0 Å². The molecule has 1 aromatic carbocycles. The van der Waals surface area contributed by atoms with Crippen molar-refractivity contribution in [1.82, 2.24) is 5.32 Å². The largest absolute Gasteiger partial charge is 0.479 e. The van der Waals surface area contributed by atoms with Gasteiger partial charge in [-0.15, -0.1) is 0 Å². The molecule has 0 saturated heterocycles. The zero-order chi connectivity index (χ0) is 17.4. The number of hydrogen-bond donors (Lipinski definition) is 1. The lowest BCUT2D eigenvalue weighted by Crippen LogP contribution is -2.43. The number of rotatable bonds is 7. The van der Waals surface area contributed by atoms with Gasteiger partial charge in [0, 0.05) is 6.04 Å². The first-order chi connectivity index (χ1) is 11.6. The molecule has 0 heterocycles. The normalized spacial score (nSPS) is 21.6. The van der Waals surface area contributed by atoms with Crippen molar-refractivity contribution >= 4 is 11.9 Å². The zero-order valence-electron chi connectivity index (χ0n) is 14.5. The van der Waals surface area contributed by atoms with Crippen LogP contribution in [0.5, 0.6) is 5.75 Å². The van der Waals surface area contributed by atoms with E-state index in [1.807, 2.05) is 25.1 Å². The minimum Gasteiger partial charge on any atom is -0.479 e. The van der Waals surface area contributed by atoms with Crippen molar-refractivity contribution in [2.45, 2.75) is 58.1 Å². The van der Waals surface area contributed by atoms with Gasteiger partial charge in [-0.3, -0.25) is 4.79 Å². The predicted molar refractivity (Wildman–Crippen MR) is 91.7 cm³/mol. The van der Waals surface area contributed by atoms with Crippen molar-refractivity contribution in [1.29, 1.82) is 0 Å². The molecule has 0 unspecified atom stereocenters. The second-order valence-corrected chi connectivity index (χ2v) is 6.37. The van der Waals surface area contributed by atoms with Crippen LogP contribution in [0.4, 0.5) is 0 Å². The third-order valence-corrected chi connectivity index (χ3v) is 4.46. The summed E-state index contributed by atoms with van der Waals surface area (Å²) in [5, 5.41) is 2.97. The molecule has 3 atom stereocenters. The van der Waals surface area contributed by atoms with Crippen LogP contribution in [0, 0.1) is 5.92 Å². The van der Waals surface area contributed by atoms with Crippen LogP contribution in [0.25, 0.3) is 0 Å². The molecule has 0 aliphatic heterocycles. The van der Waals surface area contributed by atoms with Gasteiger partial charge in [0.25, 0.3) is 5.91 Å². The monoisotopic (exact) mass is 333 g/mol. The standard InChI is InChI=1S/C19H27NO4/c1-3-17(24-15-10-5-4-6-11-15)19(22)23-13-18(21)20-16-12-8-7-9-14(16)2/h4-6,10-11,14,16-17H,3,7-9,12-13H2,1-2H3,(H,20,21)/t14-,16-,17+/m0/s1. The van der Waals surface area contributed by atoms with Gasteiger partial charge in [-0.25, -0.2) is 4.79 Å². The number of amides is 1. The molecule has 132 valence electrons. The molecule has 0 aromatic heterocycles. The van der Waals surface area contributed by atoms with Crippen LogP contribution in [0.2, 0.25) is 0 Å². The van der Waals surface area contributed by atoms with E-state index < -0.39 is 12.1 Å². The molecule has 0 bridgehead atoms. The lowest BCUT2D eigenvalue weighted by atomic mass is 9.86. The number of esters is 1. The van der Waals surface area contributed by atoms with Crippen LogP contribution in [-0.2, 0) is 14.3 Å². The highest BCUT2D eigenvalue weighted by molar-refractivity contribution is 5.82. The van der Waals surface area contributed by atoms with E-state index in [4.69, 9.17) is 9.47 Å². The van der Waals surface area contributed by atoms with Gasteiger partial charge in [0.1, 0.15) is 5.75 Å². The summed E-state index contributed by atoms with van der Waals surface area (Å²) in [4.78, 5) is 24.1. The first-order valence-electron chi connectivity index (χ1n) is 8.77. The Morgan fingerprint density at radius 1 is 1.21 bits per heavy atom. The molecule has 1 aliphatic carbocycles. The third-order valence-electron chi connectivity index (χ3n) is 4.46. The van der Waals surface area contributed by atoms with Gasteiger partial charge in [0.2, 0.25) is 0 Å². The number of para-hydroxylation sites is 1. The Balaban J connectivity index is 1.77. The minimum absolute atomic E-state index is 0.187. The van der Waals surface area contributed by atoms with E-state index in [9.17, 15) is 9.59 Å². The van der Waals surface area contributed by atoms with Gasteiger partial charge in [-0.2, -0.15) is 0 Å². The first-order valence-corrected chi connectivity index (χ1v) is 8.77. The van der Waals surface area contributed by atoms with E-state index in [0.29, 0.717) is 18.1 Å². The average Bonchev–Trinajstić information content (AvgIpc) is 2.60. The fourth-order valence-electron chi connectivity index (χ4n) is 2.97. The highest BCUT2D eigenvalue weighted by Crippen LogP contribution is 2.23. The van der Waals surface area contributed by atoms with Crippen molar-refractivity contribution in [3.63, 3.8) is 0 Å². The predicted octanol–water partition coefficient (Wildman–Crippen LogP) is 3.08. The summed E-state index contributed by atoms with van der Waals surface area (Å²) < 4.78 is 10.7. The lowest BCUT2D eigenvalue weighted by Gasteiger charge is -2.29. The Morgan fingerprint density at radius 2 is 1.92 bits per heavy atom. The number of benzene rings is 1. The summed E-state index contributed by atoms with van der Waals surface area (Å²) in [7, 11) is 0. The third kappa shape index (κ3) is 5.55. The van der Waals surface area contributed by atoms with Gasteiger partial charge < -0.3 is 14.8 Å². The molecular weight excluding hydrogens is 306 g/mol. The maximum atomic E-state index is 12.1. The van der Waals surface area contributed by atoms with Crippen LogP contribution < -0.4 is 10.1 Å². The van der Waals surface area contributed by atoms with Gasteiger partial charge in [0.15, 0.2) is 12.7 Å². The highest BCUT2D eigenvalue weighted by Gasteiger charge is 2.24. The smallest absolute Gasteiger partial charge is 0.347 e. The molecule has 1 saturated carbocycles. The molecule has 0 spiro atoms. The Hall–Kier alpha value is -2.04. The second kappa shape index (κ2) is 9.30. The molecule has 0 radical (unpaired) electrons. The topological polar surface area (TPSA) is 64.6 Å². The van der Waals surface area contributed by atoms with Crippen LogP contribution in [0.15, 0.2) is 30.3 Å². The maximum absolute atomic E-state index is 12.1. The van der Waals surface area contributed by atoms with Crippen molar-refractivity contribution < 1.29 is 19.1 Å². The Morgan fingerprint density at radius 3 is 2.58 bits per heavy atom. The minimum atomic E-state index is -0.700. The van der Waals surface area contributed by atoms with Gasteiger partial charge in [-0.1, -0.05) is 44.9 Å². The van der Waals surface area contributed by atoms with Crippen molar-refractivity contribution in [2.24, 2.45) is 5.92 Å². The molecule has 1 amide bonds.